The minimum absolute atomic E-state index is 0.387. The fraction of sp³-hybridized carbons (Fsp3) is 0.714. The summed E-state index contributed by atoms with van der Waals surface area (Å²) in [5, 5.41) is 6.11. The molecule has 5 nitrogen and oxygen atoms in total. The molecular weight excluding hydrogens is 242 g/mol. The zero-order valence-electron chi connectivity index (χ0n) is 11.8. The lowest BCUT2D eigenvalue weighted by Crippen LogP contribution is -2.37. The van der Waals surface area contributed by atoms with Crippen LogP contribution < -0.4 is 27.2 Å². The Morgan fingerprint density at radius 2 is 1.37 bits per heavy atom. The average molecular weight is 267 g/mol. The van der Waals surface area contributed by atoms with E-state index in [2.05, 4.69) is 17.6 Å². The first-order chi connectivity index (χ1) is 9.22. The molecule has 19 heavy (non-hydrogen) atoms. The van der Waals surface area contributed by atoms with Crippen molar-refractivity contribution in [2.24, 2.45) is 5.73 Å². The zero-order chi connectivity index (χ0) is 14.1. The predicted molar refractivity (Wildman–Crippen MR) is 80.8 cm³/mol. The molecule has 0 bridgehead atoms. The zero-order valence-corrected chi connectivity index (χ0v) is 11.8. The molecule has 1 aromatic carbocycles. The van der Waals surface area contributed by atoms with E-state index in [1.54, 1.807) is 0 Å². The molecule has 0 aliphatic heterocycles. The number of nitrogens with two attached hydrogens (primary N) is 1. The Bertz CT molecular complexity index is 436. The van der Waals surface area contributed by atoms with E-state index in [0.29, 0.717) is 11.4 Å². The summed E-state index contributed by atoms with van der Waals surface area (Å²) in [6.07, 6.45) is 6.31. The van der Waals surface area contributed by atoms with Gasteiger partial charge in [0.15, 0.2) is 0 Å². The van der Waals surface area contributed by atoms with Crippen LogP contribution in [0.3, 0.4) is 0 Å². The molecule has 0 aromatic heterocycles. The van der Waals surface area contributed by atoms with E-state index in [4.69, 9.17) is 5.73 Å². The molecule has 0 fully saturated rings. The summed E-state index contributed by atoms with van der Waals surface area (Å²) >= 11 is 0. The molecule has 4 N–H and O–H groups in total. The molecule has 0 aliphatic carbocycles. The van der Waals surface area contributed by atoms with Gasteiger partial charge in [0.05, 0.1) is 0 Å². The van der Waals surface area contributed by atoms with Crippen molar-refractivity contribution in [2.75, 3.05) is 30.3 Å². The van der Waals surface area contributed by atoms with E-state index in [1.165, 1.54) is 0 Å². The van der Waals surface area contributed by atoms with Crippen molar-refractivity contribution in [3.05, 3.63) is 20.4 Å². The van der Waals surface area contributed by atoms with Crippen molar-refractivity contribution >= 4 is 11.4 Å². The number of unbranched alkanes of at least 4 members (excludes halogenated alkanes) is 4. The van der Waals surface area contributed by atoms with Gasteiger partial charge in [0.25, 0.3) is 10.9 Å². The van der Waals surface area contributed by atoms with Crippen molar-refractivity contribution in [1.82, 2.24) is 0 Å². The lowest BCUT2D eigenvalue weighted by Gasteiger charge is -2.14. The Morgan fingerprint density at radius 1 is 0.842 bits per heavy atom. The minimum Gasteiger partial charge on any atom is -0.380 e. The van der Waals surface area contributed by atoms with Gasteiger partial charge in [-0.15, -0.1) is 0 Å². The van der Waals surface area contributed by atoms with Crippen LogP contribution in [0.4, 0.5) is 11.4 Å². The first-order valence-corrected chi connectivity index (χ1v) is 7.23. The molecule has 5 heteroatoms. The van der Waals surface area contributed by atoms with Crippen LogP contribution in [-0.4, -0.2) is 19.6 Å². The Morgan fingerprint density at radius 3 is 1.89 bits per heavy atom. The maximum atomic E-state index is 11.4. The monoisotopic (exact) mass is 267 g/mol. The third kappa shape index (κ3) is 4.67. The number of hydrogen-bond acceptors (Lipinski definition) is 5. The van der Waals surface area contributed by atoms with Crippen LogP contribution in [-0.2, 0) is 0 Å². The highest BCUT2D eigenvalue weighted by atomic mass is 16.2. The number of nitrogens with one attached hydrogen (secondary N) is 2. The molecular formula is C14H25N3O2. The summed E-state index contributed by atoms with van der Waals surface area (Å²) < 4.78 is 0. The molecule has 1 rings (SSSR count). The second kappa shape index (κ2) is 8.69. The summed E-state index contributed by atoms with van der Waals surface area (Å²) in [5.74, 6) is 0. The van der Waals surface area contributed by atoms with Crippen molar-refractivity contribution in [2.45, 2.75) is 45.4 Å². The van der Waals surface area contributed by atoms with E-state index in [1.807, 2.05) is 0 Å². The van der Waals surface area contributed by atoms with Gasteiger partial charge in [0, 0.05) is 13.1 Å². The van der Waals surface area contributed by atoms with Gasteiger partial charge in [-0.05, 0) is 25.8 Å². The average Bonchev–Trinajstić information content (AvgIpc) is 2.43. The van der Waals surface area contributed by atoms with Crippen molar-refractivity contribution in [3.8, 4) is 0 Å². The van der Waals surface area contributed by atoms with E-state index >= 15 is 0 Å². The first-order valence-electron chi connectivity index (χ1n) is 7.23. The molecule has 0 radical (unpaired) electrons. The Kier molecular flexibility index (Phi) is 7.18. The van der Waals surface area contributed by atoms with Gasteiger partial charge in [-0.2, -0.15) is 0 Å². The van der Waals surface area contributed by atoms with Crippen LogP contribution in [0, 0.1) is 0 Å². The number of rotatable bonds is 11. The molecule has 108 valence electrons. The summed E-state index contributed by atoms with van der Waals surface area (Å²) in [7, 11) is 0. The third-order valence-corrected chi connectivity index (χ3v) is 3.18. The predicted octanol–water partition coefficient (Wildman–Crippen LogP) is 1.43. The first kappa shape index (κ1) is 15.7. The maximum absolute atomic E-state index is 11.4. The molecule has 0 amide bonds. The Labute approximate surface area is 114 Å². The lowest BCUT2D eigenvalue weighted by atomic mass is 10.1. The SMILES string of the molecule is CCCCNc1c(NCCCCCCN)c(=O)c1=O. The van der Waals surface area contributed by atoms with Crippen LogP contribution in [0.5, 0.6) is 0 Å². The second-order valence-electron chi connectivity index (χ2n) is 4.82. The van der Waals surface area contributed by atoms with Gasteiger partial charge in [0.2, 0.25) is 0 Å². The van der Waals surface area contributed by atoms with Crippen molar-refractivity contribution in [1.29, 1.82) is 0 Å². The van der Waals surface area contributed by atoms with Gasteiger partial charge < -0.3 is 16.4 Å². The van der Waals surface area contributed by atoms with Crippen LogP contribution in [0.25, 0.3) is 0 Å². The standard InChI is InChI=1S/C14H25N3O2/c1-2-3-9-16-11-12(14(19)13(11)18)17-10-7-5-4-6-8-15/h16-17H,2-10,15H2,1H3. The van der Waals surface area contributed by atoms with E-state index in [0.717, 1.165) is 58.2 Å². The highest BCUT2D eigenvalue weighted by molar-refractivity contribution is 5.73. The molecule has 0 atom stereocenters. The van der Waals surface area contributed by atoms with E-state index in [9.17, 15) is 9.59 Å². The maximum Gasteiger partial charge on any atom is 0.253 e. The fourth-order valence-corrected chi connectivity index (χ4v) is 1.96. The highest BCUT2D eigenvalue weighted by Crippen LogP contribution is 2.14. The quantitative estimate of drug-likeness (QED) is 0.417. The van der Waals surface area contributed by atoms with Crippen LogP contribution in [0.15, 0.2) is 9.59 Å². The summed E-state index contributed by atoms with van der Waals surface area (Å²) in [6, 6.07) is 0. The smallest absolute Gasteiger partial charge is 0.253 e. The Hall–Kier alpha value is -1.36. The Balaban J connectivity index is 2.31. The highest BCUT2D eigenvalue weighted by Gasteiger charge is 2.19. The summed E-state index contributed by atoms with van der Waals surface area (Å²) in [6.45, 7) is 4.30. The molecule has 0 unspecified atom stereocenters. The molecule has 1 aromatic rings. The van der Waals surface area contributed by atoms with Crippen LogP contribution in [0.1, 0.15) is 45.4 Å². The normalized spacial score (nSPS) is 10.8. The largest absolute Gasteiger partial charge is 0.380 e. The molecule has 0 spiro atoms. The van der Waals surface area contributed by atoms with Gasteiger partial charge in [-0.3, -0.25) is 9.59 Å². The van der Waals surface area contributed by atoms with Gasteiger partial charge in [-0.25, -0.2) is 0 Å². The fourth-order valence-electron chi connectivity index (χ4n) is 1.96. The van der Waals surface area contributed by atoms with Gasteiger partial charge in [0.1, 0.15) is 11.4 Å². The third-order valence-electron chi connectivity index (χ3n) is 3.18. The topological polar surface area (TPSA) is 84.2 Å². The number of anilines is 2. The van der Waals surface area contributed by atoms with Crippen LogP contribution in [0.2, 0.25) is 0 Å². The molecule has 0 heterocycles. The lowest BCUT2D eigenvalue weighted by molar-refractivity contribution is 0.661. The minimum atomic E-state index is -0.388. The second-order valence-corrected chi connectivity index (χ2v) is 4.82. The van der Waals surface area contributed by atoms with Crippen molar-refractivity contribution < 1.29 is 0 Å². The van der Waals surface area contributed by atoms with Gasteiger partial charge in [-0.1, -0.05) is 26.2 Å². The summed E-state index contributed by atoms with van der Waals surface area (Å²) in [4.78, 5) is 22.9. The molecule has 0 saturated carbocycles. The number of hydrogen-bond donors (Lipinski definition) is 3. The van der Waals surface area contributed by atoms with E-state index < -0.39 is 0 Å². The van der Waals surface area contributed by atoms with Gasteiger partial charge >= 0.3 is 0 Å². The molecule has 0 aliphatic rings. The van der Waals surface area contributed by atoms with E-state index in [-0.39, 0.29) is 10.9 Å². The van der Waals surface area contributed by atoms with Crippen LogP contribution >= 0.6 is 0 Å². The molecule has 0 saturated heterocycles. The van der Waals surface area contributed by atoms with Crippen molar-refractivity contribution in [3.63, 3.8) is 0 Å². The summed E-state index contributed by atoms with van der Waals surface area (Å²) in [5.41, 5.74) is 5.59.